The molecule has 0 saturated carbocycles. The summed E-state index contributed by atoms with van der Waals surface area (Å²) < 4.78 is 1.88. The summed E-state index contributed by atoms with van der Waals surface area (Å²) in [6.07, 6.45) is 7.70. The zero-order chi connectivity index (χ0) is 14.2. The van der Waals surface area contributed by atoms with Crippen molar-refractivity contribution < 1.29 is 0 Å². The first-order chi connectivity index (χ1) is 8.80. The van der Waals surface area contributed by atoms with E-state index in [0.717, 1.165) is 17.7 Å². The third-order valence-electron chi connectivity index (χ3n) is 3.87. The molecule has 2 heteroatoms. The summed E-state index contributed by atoms with van der Waals surface area (Å²) >= 11 is 0. The first-order valence-corrected chi connectivity index (χ1v) is 6.89. The summed E-state index contributed by atoms with van der Waals surface area (Å²) in [5.74, 6) is 0. The Morgan fingerprint density at radius 1 is 1.26 bits per heavy atom. The summed E-state index contributed by atoms with van der Waals surface area (Å²) in [6, 6.07) is 3.87. The maximum atomic E-state index is 12.2. The van der Waals surface area contributed by atoms with Crippen LogP contribution in [0.4, 0.5) is 0 Å². The molecule has 0 radical (unpaired) electrons. The Morgan fingerprint density at radius 3 is 2.47 bits per heavy atom. The summed E-state index contributed by atoms with van der Waals surface area (Å²) in [4.78, 5) is 12.2. The molecule has 102 valence electrons. The maximum Gasteiger partial charge on any atom is 0.251 e. The van der Waals surface area contributed by atoms with Gasteiger partial charge < -0.3 is 4.57 Å². The molecule has 0 aliphatic heterocycles. The summed E-state index contributed by atoms with van der Waals surface area (Å²) in [5.41, 5.74) is 3.60. The Bertz CT molecular complexity index is 602. The Morgan fingerprint density at radius 2 is 1.95 bits per heavy atom. The normalized spacial score (nSPS) is 19.1. The van der Waals surface area contributed by atoms with Gasteiger partial charge in [0.25, 0.3) is 5.56 Å². The summed E-state index contributed by atoms with van der Waals surface area (Å²) in [6.45, 7) is 10.5. The molecule has 2 nitrogen and oxygen atoms in total. The van der Waals surface area contributed by atoms with E-state index in [-0.39, 0.29) is 17.0 Å². The predicted molar refractivity (Wildman–Crippen MR) is 80.5 cm³/mol. The highest BCUT2D eigenvalue weighted by atomic mass is 16.1. The molecule has 2 rings (SSSR count). The Hall–Kier alpha value is -1.57. The summed E-state index contributed by atoms with van der Waals surface area (Å²) in [5, 5.41) is 0. The van der Waals surface area contributed by atoms with Gasteiger partial charge in [0.05, 0.1) is 6.04 Å². The second kappa shape index (κ2) is 4.84. The smallest absolute Gasteiger partial charge is 0.251 e. The van der Waals surface area contributed by atoms with Crippen LogP contribution in [0.2, 0.25) is 0 Å². The molecule has 0 fully saturated rings. The van der Waals surface area contributed by atoms with Crippen LogP contribution in [0.1, 0.15) is 44.5 Å². The lowest BCUT2D eigenvalue weighted by molar-refractivity contribution is 0.473. The van der Waals surface area contributed by atoms with Crippen molar-refractivity contribution in [2.75, 3.05) is 0 Å². The molecule has 1 aliphatic rings. The predicted octanol–water partition coefficient (Wildman–Crippen LogP) is 3.94. The zero-order valence-electron chi connectivity index (χ0n) is 12.5. The number of allylic oxidation sites excluding steroid dienone is 4. The summed E-state index contributed by atoms with van der Waals surface area (Å²) in [7, 11) is 0. The van der Waals surface area contributed by atoms with Crippen LogP contribution in [0, 0.1) is 19.3 Å². The van der Waals surface area contributed by atoms with E-state index in [2.05, 4.69) is 45.1 Å². The van der Waals surface area contributed by atoms with Gasteiger partial charge in [-0.25, -0.2) is 0 Å². The van der Waals surface area contributed by atoms with Crippen LogP contribution in [0.5, 0.6) is 0 Å². The van der Waals surface area contributed by atoms with Gasteiger partial charge in [0.15, 0.2) is 0 Å². The van der Waals surface area contributed by atoms with E-state index < -0.39 is 0 Å². The molecule has 1 aromatic rings. The number of aryl methyl sites for hydroxylation is 2. The van der Waals surface area contributed by atoms with Gasteiger partial charge in [0.2, 0.25) is 0 Å². The molecule has 1 aromatic heterocycles. The highest BCUT2D eigenvalue weighted by molar-refractivity contribution is 5.30. The zero-order valence-corrected chi connectivity index (χ0v) is 12.5. The van der Waals surface area contributed by atoms with E-state index in [1.807, 2.05) is 18.4 Å². The topological polar surface area (TPSA) is 22.0 Å². The second-order valence-electron chi connectivity index (χ2n) is 6.29. The van der Waals surface area contributed by atoms with Crippen molar-refractivity contribution in [2.45, 2.75) is 47.1 Å². The molecular weight excluding hydrogens is 234 g/mol. The number of hydrogen-bond donors (Lipinski definition) is 0. The average Bonchev–Trinajstić information content (AvgIpc) is 2.27. The molecule has 0 saturated heterocycles. The monoisotopic (exact) mass is 257 g/mol. The maximum absolute atomic E-state index is 12.2. The molecule has 1 aliphatic carbocycles. The van der Waals surface area contributed by atoms with Crippen molar-refractivity contribution in [3.63, 3.8) is 0 Å². The fourth-order valence-electron chi connectivity index (χ4n) is 2.67. The lowest BCUT2D eigenvalue weighted by Gasteiger charge is -2.27. The molecule has 1 unspecified atom stereocenters. The fraction of sp³-hybridized carbons (Fsp3) is 0.471. The standard InChI is InChI=1S/C17H23NO/c1-12-10-13(2)18(16(19)11-12)14(3)15-6-8-17(4,5)9-7-15/h6-8,10-11,14H,9H2,1-5H3. The van der Waals surface area contributed by atoms with E-state index in [1.54, 1.807) is 6.07 Å². The molecule has 19 heavy (non-hydrogen) atoms. The molecule has 0 bridgehead atoms. The molecule has 1 atom stereocenters. The molecule has 0 N–H and O–H groups in total. The van der Waals surface area contributed by atoms with Crippen LogP contribution in [0.15, 0.2) is 40.7 Å². The fourth-order valence-corrected chi connectivity index (χ4v) is 2.67. The van der Waals surface area contributed by atoms with Gasteiger partial charge in [-0.15, -0.1) is 0 Å². The first kappa shape index (κ1) is 13.9. The van der Waals surface area contributed by atoms with Crippen LogP contribution in [-0.2, 0) is 0 Å². The highest BCUT2D eigenvalue weighted by Gasteiger charge is 2.20. The van der Waals surface area contributed by atoms with E-state index in [1.165, 1.54) is 5.57 Å². The van der Waals surface area contributed by atoms with Crippen molar-refractivity contribution >= 4 is 0 Å². The van der Waals surface area contributed by atoms with E-state index in [0.29, 0.717) is 0 Å². The van der Waals surface area contributed by atoms with Crippen LogP contribution in [0.25, 0.3) is 0 Å². The quantitative estimate of drug-likeness (QED) is 0.786. The lowest BCUT2D eigenvalue weighted by atomic mass is 9.83. The van der Waals surface area contributed by atoms with E-state index in [9.17, 15) is 4.79 Å². The van der Waals surface area contributed by atoms with Gasteiger partial charge in [-0.1, -0.05) is 32.1 Å². The third kappa shape index (κ3) is 2.89. The number of hydrogen-bond acceptors (Lipinski definition) is 1. The minimum absolute atomic E-state index is 0.0872. The molecule has 0 spiro atoms. The largest absolute Gasteiger partial charge is 0.306 e. The van der Waals surface area contributed by atoms with Gasteiger partial charge in [0.1, 0.15) is 0 Å². The first-order valence-electron chi connectivity index (χ1n) is 6.89. The van der Waals surface area contributed by atoms with Crippen molar-refractivity contribution in [3.05, 3.63) is 57.5 Å². The van der Waals surface area contributed by atoms with Gasteiger partial charge in [-0.05, 0) is 49.8 Å². The van der Waals surface area contributed by atoms with Crippen LogP contribution in [-0.4, -0.2) is 4.57 Å². The van der Waals surface area contributed by atoms with E-state index >= 15 is 0 Å². The molecule has 1 heterocycles. The van der Waals surface area contributed by atoms with Crippen molar-refractivity contribution in [1.82, 2.24) is 4.57 Å². The Labute approximate surface area is 115 Å². The van der Waals surface area contributed by atoms with Gasteiger partial charge in [0, 0.05) is 11.8 Å². The Kier molecular flexibility index (Phi) is 3.53. The van der Waals surface area contributed by atoms with Gasteiger partial charge in [-0.3, -0.25) is 4.79 Å². The van der Waals surface area contributed by atoms with Gasteiger partial charge >= 0.3 is 0 Å². The van der Waals surface area contributed by atoms with Crippen molar-refractivity contribution in [3.8, 4) is 0 Å². The number of rotatable bonds is 2. The van der Waals surface area contributed by atoms with Crippen LogP contribution >= 0.6 is 0 Å². The number of aromatic nitrogens is 1. The third-order valence-corrected chi connectivity index (χ3v) is 3.87. The highest BCUT2D eigenvalue weighted by Crippen LogP contribution is 2.32. The minimum atomic E-state index is 0.0872. The van der Waals surface area contributed by atoms with Crippen molar-refractivity contribution in [1.29, 1.82) is 0 Å². The van der Waals surface area contributed by atoms with Crippen LogP contribution < -0.4 is 5.56 Å². The average molecular weight is 257 g/mol. The van der Waals surface area contributed by atoms with Crippen molar-refractivity contribution in [2.24, 2.45) is 5.41 Å². The SMILES string of the molecule is Cc1cc(C)n(C(C)C2=CCC(C)(C)C=C2)c(=O)c1. The second-order valence-corrected chi connectivity index (χ2v) is 6.29. The minimum Gasteiger partial charge on any atom is -0.306 e. The lowest BCUT2D eigenvalue weighted by Crippen LogP contribution is -2.26. The number of pyridine rings is 1. The number of nitrogens with zero attached hydrogens (tertiary/aromatic N) is 1. The van der Waals surface area contributed by atoms with Gasteiger partial charge in [-0.2, -0.15) is 0 Å². The molecule has 0 amide bonds. The van der Waals surface area contributed by atoms with E-state index in [4.69, 9.17) is 0 Å². The van der Waals surface area contributed by atoms with Crippen LogP contribution in [0.3, 0.4) is 0 Å². The molecule has 0 aromatic carbocycles. The molecular formula is C17H23NO. The Balaban J connectivity index is 2.37.